The SMILES string of the molecule is CCOc1ccccc1CNC(=O)[C@@H]1c2ccccc2C(=O)N2CCc3ccccc3[C@H]12. The number of fused-ring (bicyclic) bond motifs is 4. The number of nitrogens with zero attached hydrogens (tertiary/aromatic N) is 1. The maximum absolute atomic E-state index is 13.7. The molecule has 5 nitrogen and oxygen atoms in total. The second-order valence-corrected chi connectivity index (χ2v) is 8.22. The van der Waals surface area contributed by atoms with E-state index in [2.05, 4.69) is 17.4 Å². The molecule has 5 heteroatoms. The van der Waals surface area contributed by atoms with Crippen LogP contribution in [-0.4, -0.2) is 29.9 Å². The van der Waals surface area contributed by atoms with Gasteiger partial charge in [-0.05, 0) is 42.2 Å². The Balaban J connectivity index is 1.51. The van der Waals surface area contributed by atoms with Crippen LogP contribution in [0.5, 0.6) is 5.75 Å². The van der Waals surface area contributed by atoms with E-state index >= 15 is 0 Å². The summed E-state index contributed by atoms with van der Waals surface area (Å²) in [5.74, 6) is 0.234. The molecule has 0 saturated heterocycles. The molecule has 1 N–H and O–H groups in total. The third-order valence-electron chi connectivity index (χ3n) is 6.44. The number of hydrogen-bond acceptors (Lipinski definition) is 3. The Bertz CT molecular complexity index is 1170. The fourth-order valence-corrected chi connectivity index (χ4v) is 5.00. The molecule has 2 aliphatic heterocycles. The maximum Gasteiger partial charge on any atom is 0.254 e. The van der Waals surface area contributed by atoms with Crippen molar-refractivity contribution in [2.45, 2.75) is 31.8 Å². The standard InChI is InChI=1S/C27H26N2O3/c1-2-32-23-14-8-4-10-19(23)17-28-26(30)24-21-12-6-7-13-22(21)27(31)29-16-15-18-9-3-5-11-20(18)25(24)29/h3-14,24-25H,2,15-17H2,1H3,(H,28,30)/t24-,25-/m1/s1. The van der Waals surface area contributed by atoms with Crippen LogP contribution >= 0.6 is 0 Å². The van der Waals surface area contributed by atoms with E-state index in [1.54, 1.807) is 0 Å². The molecule has 2 heterocycles. The minimum absolute atomic E-state index is 0.00541. The van der Waals surface area contributed by atoms with Gasteiger partial charge in [-0.3, -0.25) is 9.59 Å². The molecular weight excluding hydrogens is 400 g/mol. The number of para-hydroxylation sites is 1. The normalized spacial score (nSPS) is 18.9. The maximum atomic E-state index is 13.7. The van der Waals surface area contributed by atoms with Gasteiger partial charge in [0.2, 0.25) is 5.91 Å². The molecule has 5 rings (SSSR count). The number of amides is 2. The van der Waals surface area contributed by atoms with Crippen molar-refractivity contribution in [1.29, 1.82) is 0 Å². The van der Waals surface area contributed by atoms with Gasteiger partial charge in [0, 0.05) is 24.2 Å². The average molecular weight is 427 g/mol. The van der Waals surface area contributed by atoms with Gasteiger partial charge in [-0.1, -0.05) is 60.7 Å². The van der Waals surface area contributed by atoms with Gasteiger partial charge in [0.1, 0.15) is 5.75 Å². The zero-order valence-corrected chi connectivity index (χ0v) is 18.1. The van der Waals surface area contributed by atoms with Gasteiger partial charge in [-0.15, -0.1) is 0 Å². The van der Waals surface area contributed by atoms with Crippen molar-refractivity contribution in [2.24, 2.45) is 0 Å². The summed E-state index contributed by atoms with van der Waals surface area (Å²) >= 11 is 0. The molecule has 0 fully saturated rings. The Labute approximate surface area is 188 Å². The number of hydrogen-bond donors (Lipinski definition) is 1. The van der Waals surface area contributed by atoms with E-state index < -0.39 is 5.92 Å². The highest BCUT2D eigenvalue weighted by atomic mass is 16.5. The summed E-state index contributed by atoms with van der Waals surface area (Å²) in [6.45, 7) is 3.50. The fraction of sp³-hybridized carbons (Fsp3) is 0.259. The molecule has 0 saturated carbocycles. The first-order valence-electron chi connectivity index (χ1n) is 11.1. The zero-order valence-electron chi connectivity index (χ0n) is 18.1. The first kappa shape index (κ1) is 20.3. The molecule has 2 aliphatic rings. The third kappa shape index (κ3) is 3.44. The van der Waals surface area contributed by atoms with Crippen LogP contribution in [0.3, 0.4) is 0 Å². The van der Waals surface area contributed by atoms with Crippen molar-refractivity contribution in [3.8, 4) is 5.75 Å². The number of rotatable bonds is 5. The Hall–Kier alpha value is -3.60. The minimum Gasteiger partial charge on any atom is -0.494 e. The highest BCUT2D eigenvalue weighted by Crippen LogP contribution is 2.45. The predicted octanol–water partition coefficient (Wildman–Crippen LogP) is 4.24. The van der Waals surface area contributed by atoms with E-state index in [4.69, 9.17) is 4.74 Å². The lowest BCUT2D eigenvalue weighted by Gasteiger charge is -2.45. The Morgan fingerprint density at radius 1 is 1.00 bits per heavy atom. The van der Waals surface area contributed by atoms with Crippen LogP contribution < -0.4 is 10.1 Å². The highest BCUT2D eigenvalue weighted by Gasteiger charge is 2.46. The van der Waals surface area contributed by atoms with E-state index in [1.165, 1.54) is 5.56 Å². The Morgan fingerprint density at radius 3 is 2.56 bits per heavy atom. The summed E-state index contributed by atoms with van der Waals surface area (Å²) in [5, 5.41) is 3.13. The molecule has 3 aromatic rings. The summed E-state index contributed by atoms with van der Waals surface area (Å²) in [6, 6.07) is 23.1. The van der Waals surface area contributed by atoms with E-state index in [-0.39, 0.29) is 17.9 Å². The zero-order chi connectivity index (χ0) is 22.1. The molecule has 0 spiro atoms. The number of carbonyl (C=O) groups excluding carboxylic acids is 2. The first-order chi connectivity index (χ1) is 15.7. The lowest BCUT2D eigenvalue weighted by atomic mass is 9.76. The Kier molecular flexibility index (Phi) is 5.39. The largest absolute Gasteiger partial charge is 0.494 e. The quantitative estimate of drug-likeness (QED) is 0.664. The third-order valence-corrected chi connectivity index (χ3v) is 6.44. The number of ether oxygens (including phenoxy) is 1. The van der Waals surface area contributed by atoms with Crippen molar-refractivity contribution in [3.63, 3.8) is 0 Å². The molecule has 32 heavy (non-hydrogen) atoms. The van der Waals surface area contributed by atoms with Crippen LogP contribution in [0, 0.1) is 0 Å². The van der Waals surface area contributed by atoms with E-state index in [9.17, 15) is 9.59 Å². The average Bonchev–Trinajstić information content (AvgIpc) is 2.84. The van der Waals surface area contributed by atoms with Crippen molar-refractivity contribution < 1.29 is 14.3 Å². The number of nitrogens with one attached hydrogen (secondary N) is 1. The molecule has 2 amide bonds. The van der Waals surface area contributed by atoms with Gasteiger partial charge < -0.3 is 15.0 Å². The van der Waals surface area contributed by atoms with Gasteiger partial charge in [0.05, 0.1) is 18.6 Å². The summed E-state index contributed by atoms with van der Waals surface area (Å²) in [5.41, 5.74) is 4.63. The van der Waals surface area contributed by atoms with E-state index in [1.807, 2.05) is 72.5 Å². The van der Waals surface area contributed by atoms with Crippen molar-refractivity contribution in [3.05, 3.63) is 101 Å². The summed E-state index contributed by atoms with van der Waals surface area (Å²) in [6.07, 6.45) is 0.802. The lowest BCUT2D eigenvalue weighted by Crippen LogP contribution is -2.50. The van der Waals surface area contributed by atoms with Crippen molar-refractivity contribution >= 4 is 11.8 Å². The van der Waals surface area contributed by atoms with Crippen LogP contribution in [0.15, 0.2) is 72.8 Å². The summed E-state index contributed by atoms with van der Waals surface area (Å²) in [7, 11) is 0. The van der Waals surface area contributed by atoms with Crippen molar-refractivity contribution in [1.82, 2.24) is 10.2 Å². The van der Waals surface area contributed by atoms with E-state index in [0.29, 0.717) is 25.3 Å². The minimum atomic E-state index is -0.468. The monoisotopic (exact) mass is 426 g/mol. The van der Waals surface area contributed by atoms with Gasteiger partial charge in [-0.2, -0.15) is 0 Å². The molecule has 2 atom stereocenters. The molecule has 0 aromatic heterocycles. The molecule has 0 unspecified atom stereocenters. The van der Waals surface area contributed by atoms with Crippen LogP contribution in [-0.2, 0) is 17.8 Å². The molecule has 0 bridgehead atoms. The molecule has 3 aromatic carbocycles. The van der Waals surface area contributed by atoms with Gasteiger partial charge in [0.15, 0.2) is 0 Å². The second-order valence-electron chi connectivity index (χ2n) is 8.22. The van der Waals surface area contributed by atoms with Crippen LogP contribution in [0.25, 0.3) is 0 Å². The van der Waals surface area contributed by atoms with Crippen LogP contribution in [0.1, 0.15) is 51.5 Å². The van der Waals surface area contributed by atoms with E-state index in [0.717, 1.165) is 28.9 Å². The highest BCUT2D eigenvalue weighted by molar-refractivity contribution is 6.01. The topological polar surface area (TPSA) is 58.6 Å². The van der Waals surface area contributed by atoms with Crippen molar-refractivity contribution in [2.75, 3.05) is 13.2 Å². The first-order valence-corrected chi connectivity index (χ1v) is 11.1. The number of benzene rings is 3. The lowest BCUT2D eigenvalue weighted by molar-refractivity contribution is -0.124. The summed E-state index contributed by atoms with van der Waals surface area (Å²) in [4.78, 5) is 28.9. The van der Waals surface area contributed by atoms with Crippen LogP contribution in [0.2, 0.25) is 0 Å². The molecular formula is C27H26N2O3. The van der Waals surface area contributed by atoms with Gasteiger partial charge in [-0.25, -0.2) is 0 Å². The predicted molar refractivity (Wildman–Crippen MR) is 123 cm³/mol. The van der Waals surface area contributed by atoms with Crippen LogP contribution in [0.4, 0.5) is 0 Å². The Morgan fingerprint density at radius 2 is 1.72 bits per heavy atom. The van der Waals surface area contributed by atoms with Gasteiger partial charge >= 0.3 is 0 Å². The molecule has 0 radical (unpaired) electrons. The fourth-order valence-electron chi connectivity index (χ4n) is 5.00. The van der Waals surface area contributed by atoms with Gasteiger partial charge in [0.25, 0.3) is 5.91 Å². The second kappa shape index (κ2) is 8.50. The molecule has 0 aliphatic carbocycles. The smallest absolute Gasteiger partial charge is 0.254 e. The summed E-state index contributed by atoms with van der Waals surface area (Å²) < 4.78 is 5.71. The number of carbonyl (C=O) groups is 2. The molecule has 162 valence electrons.